The average Bonchev–Trinajstić information content (AvgIpc) is 3.24. The summed E-state index contributed by atoms with van der Waals surface area (Å²) in [4.78, 5) is 26.0. The molecule has 0 atom stereocenters. The molecule has 0 unspecified atom stereocenters. The zero-order chi connectivity index (χ0) is 14.8. The molecule has 1 saturated heterocycles. The number of nitrogens with zero attached hydrogens (tertiary/aromatic N) is 1. The maximum Gasteiger partial charge on any atom is 0.287 e. The second kappa shape index (κ2) is 5.92. The van der Waals surface area contributed by atoms with E-state index >= 15 is 0 Å². The summed E-state index contributed by atoms with van der Waals surface area (Å²) >= 11 is 0. The number of carbonyl (C=O) groups excluding carboxylic acids is 2. The smallest absolute Gasteiger partial charge is 0.287 e. The van der Waals surface area contributed by atoms with Crippen molar-refractivity contribution in [2.75, 3.05) is 13.1 Å². The topological polar surface area (TPSA) is 62.6 Å². The molecule has 3 rings (SSSR count). The summed E-state index contributed by atoms with van der Waals surface area (Å²) in [6.45, 7) is 3.49. The minimum absolute atomic E-state index is 0.135. The maximum absolute atomic E-state index is 12.1. The molecule has 5 nitrogen and oxygen atoms in total. The van der Waals surface area contributed by atoms with E-state index in [1.165, 1.54) is 0 Å². The first kappa shape index (κ1) is 14.2. The van der Waals surface area contributed by atoms with Gasteiger partial charge in [-0.1, -0.05) is 6.92 Å². The summed E-state index contributed by atoms with van der Waals surface area (Å²) < 4.78 is 5.46. The van der Waals surface area contributed by atoms with Gasteiger partial charge >= 0.3 is 0 Å². The number of amides is 2. The highest BCUT2D eigenvalue weighted by molar-refractivity contribution is 5.91. The van der Waals surface area contributed by atoms with Crippen molar-refractivity contribution in [2.45, 2.75) is 45.1 Å². The van der Waals surface area contributed by atoms with E-state index in [0.29, 0.717) is 11.7 Å². The summed E-state index contributed by atoms with van der Waals surface area (Å²) in [5.74, 6) is 1.64. The van der Waals surface area contributed by atoms with E-state index in [1.54, 1.807) is 6.07 Å². The Labute approximate surface area is 124 Å². The van der Waals surface area contributed by atoms with Crippen LogP contribution in [-0.2, 0) is 11.2 Å². The van der Waals surface area contributed by atoms with Crippen LogP contribution < -0.4 is 5.32 Å². The third kappa shape index (κ3) is 3.28. The number of carbonyl (C=O) groups is 2. The third-order valence-electron chi connectivity index (χ3n) is 4.30. The summed E-state index contributed by atoms with van der Waals surface area (Å²) in [6, 6.07) is 3.70. The van der Waals surface area contributed by atoms with E-state index in [-0.39, 0.29) is 17.9 Å². The highest BCUT2D eigenvalue weighted by Gasteiger charge is 2.35. The molecule has 0 spiro atoms. The molecular formula is C16H22N2O3. The minimum Gasteiger partial charge on any atom is -0.456 e. The lowest BCUT2D eigenvalue weighted by atomic mass is 10.0. The molecule has 2 aliphatic rings. The van der Waals surface area contributed by atoms with Crippen LogP contribution in [0, 0.1) is 5.92 Å². The molecule has 5 heteroatoms. The first-order valence-corrected chi connectivity index (χ1v) is 7.85. The van der Waals surface area contributed by atoms with Gasteiger partial charge in [0.1, 0.15) is 5.76 Å². The van der Waals surface area contributed by atoms with E-state index in [2.05, 4.69) is 5.32 Å². The van der Waals surface area contributed by atoms with Gasteiger partial charge in [-0.2, -0.15) is 0 Å². The molecular weight excluding hydrogens is 268 g/mol. The van der Waals surface area contributed by atoms with Gasteiger partial charge in [0, 0.05) is 31.5 Å². The Bertz CT molecular complexity index is 525. The van der Waals surface area contributed by atoms with E-state index in [9.17, 15) is 9.59 Å². The number of nitrogens with one attached hydrogen (secondary N) is 1. The molecule has 1 aromatic heterocycles. The molecule has 1 N–H and O–H groups in total. The Morgan fingerprint density at radius 3 is 2.52 bits per heavy atom. The highest BCUT2D eigenvalue weighted by Crippen LogP contribution is 2.31. The Balaban J connectivity index is 1.48. The maximum atomic E-state index is 12.1. The molecule has 1 aliphatic carbocycles. The standard InChI is InChI=1S/C16H22N2O3/c1-2-13-5-6-14(21-13)15(19)17-12-7-9-18(10-8-12)16(20)11-3-4-11/h5-6,11-12H,2-4,7-10H2,1H3,(H,17,19). The highest BCUT2D eigenvalue weighted by atomic mass is 16.3. The molecule has 1 saturated carbocycles. The zero-order valence-electron chi connectivity index (χ0n) is 12.4. The number of rotatable bonds is 4. The summed E-state index contributed by atoms with van der Waals surface area (Å²) in [5, 5.41) is 3.01. The van der Waals surface area contributed by atoms with Crippen molar-refractivity contribution in [3.63, 3.8) is 0 Å². The number of hydrogen-bond donors (Lipinski definition) is 1. The van der Waals surface area contributed by atoms with E-state index in [4.69, 9.17) is 4.42 Å². The summed E-state index contributed by atoms with van der Waals surface area (Å²) in [6.07, 6.45) is 4.54. The van der Waals surface area contributed by atoms with Crippen LogP contribution in [0.15, 0.2) is 16.5 Å². The Hall–Kier alpha value is -1.78. The molecule has 0 radical (unpaired) electrons. The molecule has 1 aliphatic heterocycles. The summed E-state index contributed by atoms with van der Waals surface area (Å²) in [5.41, 5.74) is 0. The molecule has 114 valence electrons. The Kier molecular flexibility index (Phi) is 3.99. The van der Waals surface area contributed by atoms with Gasteiger partial charge < -0.3 is 14.6 Å². The first-order chi connectivity index (χ1) is 10.2. The fraction of sp³-hybridized carbons (Fsp3) is 0.625. The first-order valence-electron chi connectivity index (χ1n) is 7.85. The van der Waals surface area contributed by atoms with Gasteiger partial charge in [0.15, 0.2) is 5.76 Å². The van der Waals surface area contributed by atoms with E-state index < -0.39 is 0 Å². The second-order valence-electron chi connectivity index (χ2n) is 5.97. The molecule has 2 heterocycles. The van der Waals surface area contributed by atoms with Crippen LogP contribution in [-0.4, -0.2) is 35.8 Å². The van der Waals surface area contributed by atoms with Gasteiger partial charge in [-0.15, -0.1) is 0 Å². The lowest BCUT2D eigenvalue weighted by Gasteiger charge is -2.32. The Morgan fingerprint density at radius 1 is 1.24 bits per heavy atom. The van der Waals surface area contributed by atoms with E-state index in [1.807, 2.05) is 17.9 Å². The summed E-state index contributed by atoms with van der Waals surface area (Å²) in [7, 11) is 0. The predicted molar refractivity (Wildman–Crippen MR) is 77.9 cm³/mol. The van der Waals surface area contributed by atoms with Crippen LogP contribution in [0.3, 0.4) is 0 Å². The van der Waals surface area contributed by atoms with Crippen LogP contribution in [0.25, 0.3) is 0 Å². The van der Waals surface area contributed by atoms with Crippen molar-refractivity contribution in [1.82, 2.24) is 10.2 Å². The number of aryl methyl sites for hydroxylation is 1. The SMILES string of the molecule is CCc1ccc(C(=O)NC2CCN(C(=O)C3CC3)CC2)o1. The van der Waals surface area contributed by atoms with Crippen molar-refractivity contribution >= 4 is 11.8 Å². The molecule has 0 bridgehead atoms. The van der Waals surface area contributed by atoms with Crippen LogP contribution >= 0.6 is 0 Å². The van der Waals surface area contributed by atoms with Crippen LogP contribution in [0.1, 0.15) is 48.9 Å². The normalized spacial score (nSPS) is 19.6. The van der Waals surface area contributed by atoms with Crippen molar-refractivity contribution in [3.8, 4) is 0 Å². The molecule has 0 aromatic carbocycles. The minimum atomic E-state index is -0.151. The van der Waals surface area contributed by atoms with Crippen molar-refractivity contribution in [3.05, 3.63) is 23.7 Å². The number of likely N-dealkylation sites (tertiary alicyclic amines) is 1. The zero-order valence-corrected chi connectivity index (χ0v) is 12.4. The van der Waals surface area contributed by atoms with Crippen LogP contribution in [0.5, 0.6) is 0 Å². The molecule has 1 aromatic rings. The number of furan rings is 1. The van der Waals surface area contributed by atoms with Gasteiger partial charge in [0.2, 0.25) is 5.91 Å². The predicted octanol–water partition coefficient (Wildman–Crippen LogP) is 1.97. The van der Waals surface area contributed by atoms with E-state index in [0.717, 1.165) is 51.0 Å². The van der Waals surface area contributed by atoms with Gasteiger partial charge in [-0.05, 0) is 37.8 Å². The second-order valence-corrected chi connectivity index (χ2v) is 5.97. The Morgan fingerprint density at radius 2 is 1.95 bits per heavy atom. The quantitative estimate of drug-likeness (QED) is 0.922. The van der Waals surface area contributed by atoms with Gasteiger partial charge in [-0.3, -0.25) is 9.59 Å². The van der Waals surface area contributed by atoms with Crippen molar-refractivity contribution in [1.29, 1.82) is 0 Å². The molecule has 21 heavy (non-hydrogen) atoms. The third-order valence-corrected chi connectivity index (χ3v) is 4.30. The molecule has 2 amide bonds. The largest absolute Gasteiger partial charge is 0.456 e. The fourth-order valence-corrected chi connectivity index (χ4v) is 2.78. The van der Waals surface area contributed by atoms with Gasteiger partial charge in [-0.25, -0.2) is 0 Å². The van der Waals surface area contributed by atoms with Crippen LogP contribution in [0.2, 0.25) is 0 Å². The monoisotopic (exact) mass is 290 g/mol. The number of hydrogen-bond acceptors (Lipinski definition) is 3. The lowest BCUT2D eigenvalue weighted by Crippen LogP contribution is -2.46. The fourth-order valence-electron chi connectivity index (χ4n) is 2.78. The molecule has 2 fully saturated rings. The van der Waals surface area contributed by atoms with Crippen molar-refractivity contribution in [2.24, 2.45) is 5.92 Å². The van der Waals surface area contributed by atoms with Crippen molar-refractivity contribution < 1.29 is 14.0 Å². The van der Waals surface area contributed by atoms with Gasteiger partial charge in [0.05, 0.1) is 0 Å². The number of piperidine rings is 1. The average molecular weight is 290 g/mol. The van der Waals surface area contributed by atoms with Crippen LogP contribution in [0.4, 0.5) is 0 Å². The van der Waals surface area contributed by atoms with Gasteiger partial charge in [0.25, 0.3) is 5.91 Å². The lowest BCUT2D eigenvalue weighted by molar-refractivity contribution is -0.133.